The molecule has 0 unspecified atom stereocenters. The molecule has 0 saturated carbocycles. The van der Waals surface area contributed by atoms with E-state index in [4.69, 9.17) is 5.73 Å². The number of benzene rings is 1. The Bertz CT molecular complexity index is 853. The van der Waals surface area contributed by atoms with Crippen molar-refractivity contribution in [3.63, 3.8) is 0 Å². The van der Waals surface area contributed by atoms with E-state index in [1.807, 2.05) is 6.92 Å². The van der Waals surface area contributed by atoms with Crippen molar-refractivity contribution in [3.05, 3.63) is 41.5 Å². The molecule has 30 heavy (non-hydrogen) atoms. The number of aryl methyl sites for hydroxylation is 1. The van der Waals surface area contributed by atoms with E-state index in [0.29, 0.717) is 5.69 Å². The Morgan fingerprint density at radius 1 is 1.20 bits per heavy atom. The third-order valence-electron chi connectivity index (χ3n) is 4.49. The first kappa shape index (κ1) is 22.8. The highest BCUT2D eigenvalue weighted by atomic mass is 16.4. The normalized spacial score (nSPS) is 21.7. The first-order valence-corrected chi connectivity index (χ1v) is 9.08. The van der Waals surface area contributed by atoms with Crippen LogP contribution in [-0.2, 0) is 14.4 Å². The standard InChI is InChI=1S/C19H24N4O7/c1-9-2-4-11(5-3-9)21-19(30)23-12-6-10(7-14(24)16(12)27)18(29)22-13(17(20)28)8-15(25)26/h2-6,12-14,16,24,27H,7-8H2,1H3,(H2,20,28)(H,22,29)(H,25,26)(H2,21,23,30)/p-1/t12-,13-,14-,16-/m1/s1. The summed E-state index contributed by atoms with van der Waals surface area (Å²) in [4.78, 5) is 46.6. The number of carbonyl (C=O) groups is 4. The zero-order chi connectivity index (χ0) is 22.4. The lowest BCUT2D eigenvalue weighted by Gasteiger charge is -2.31. The molecule has 0 fully saturated rings. The Labute approximate surface area is 171 Å². The van der Waals surface area contributed by atoms with Crippen LogP contribution < -0.4 is 26.8 Å². The molecule has 0 bridgehead atoms. The fraction of sp³-hybridized carbons (Fsp3) is 0.368. The van der Waals surface area contributed by atoms with E-state index in [0.717, 1.165) is 5.56 Å². The maximum atomic E-state index is 12.4. The van der Waals surface area contributed by atoms with E-state index in [1.165, 1.54) is 6.08 Å². The number of carbonyl (C=O) groups excluding carboxylic acids is 4. The number of amides is 4. The Morgan fingerprint density at radius 2 is 1.83 bits per heavy atom. The number of hydrogen-bond acceptors (Lipinski definition) is 7. The zero-order valence-electron chi connectivity index (χ0n) is 16.1. The van der Waals surface area contributed by atoms with E-state index < -0.39 is 54.5 Å². The topological polar surface area (TPSA) is 194 Å². The number of aliphatic hydroxyl groups is 2. The third-order valence-corrected chi connectivity index (χ3v) is 4.49. The van der Waals surface area contributed by atoms with Crippen LogP contribution in [0.15, 0.2) is 35.9 Å². The fourth-order valence-corrected chi connectivity index (χ4v) is 2.86. The summed E-state index contributed by atoms with van der Waals surface area (Å²) in [5.74, 6) is -3.52. The summed E-state index contributed by atoms with van der Waals surface area (Å²) in [6, 6.07) is 3.63. The third kappa shape index (κ3) is 6.29. The molecule has 7 N–H and O–H groups in total. The van der Waals surface area contributed by atoms with Crippen molar-refractivity contribution in [3.8, 4) is 0 Å². The highest BCUT2D eigenvalue weighted by Crippen LogP contribution is 2.20. The maximum Gasteiger partial charge on any atom is 0.319 e. The van der Waals surface area contributed by atoms with Crippen LogP contribution in [0.4, 0.5) is 10.5 Å². The molecule has 1 aliphatic rings. The maximum absolute atomic E-state index is 12.4. The predicted molar refractivity (Wildman–Crippen MR) is 103 cm³/mol. The monoisotopic (exact) mass is 419 g/mol. The molecule has 4 atom stereocenters. The van der Waals surface area contributed by atoms with Gasteiger partial charge in [-0.05, 0) is 19.1 Å². The Kier molecular flexibility index (Phi) is 7.50. The van der Waals surface area contributed by atoms with Gasteiger partial charge in [-0.15, -0.1) is 0 Å². The molecule has 2 rings (SSSR count). The van der Waals surface area contributed by atoms with Gasteiger partial charge in [0.1, 0.15) is 12.1 Å². The second kappa shape index (κ2) is 9.85. The minimum Gasteiger partial charge on any atom is -0.550 e. The summed E-state index contributed by atoms with van der Waals surface area (Å²) >= 11 is 0. The average molecular weight is 419 g/mol. The van der Waals surface area contributed by atoms with Crippen molar-refractivity contribution in [2.75, 3.05) is 5.32 Å². The number of nitrogens with one attached hydrogen (secondary N) is 3. The minimum atomic E-state index is -1.58. The van der Waals surface area contributed by atoms with Crippen LogP contribution in [0.1, 0.15) is 18.4 Å². The van der Waals surface area contributed by atoms with Crippen molar-refractivity contribution >= 4 is 29.5 Å². The van der Waals surface area contributed by atoms with Crippen LogP contribution in [0.25, 0.3) is 0 Å². The molecule has 162 valence electrons. The van der Waals surface area contributed by atoms with Crippen LogP contribution in [0.3, 0.4) is 0 Å². The smallest absolute Gasteiger partial charge is 0.319 e. The molecule has 0 radical (unpaired) electrons. The summed E-state index contributed by atoms with van der Waals surface area (Å²) in [5, 5.41) is 38.0. The number of rotatable bonds is 7. The quantitative estimate of drug-likeness (QED) is 0.284. The van der Waals surface area contributed by atoms with Crippen LogP contribution in [-0.4, -0.2) is 58.3 Å². The molecule has 1 aromatic rings. The fourth-order valence-electron chi connectivity index (χ4n) is 2.86. The molecule has 11 nitrogen and oxygen atoms in total. The van der Waals surface area contributed by atoms with E-state index >= 15 is 0 Å². The van der Waals surface area contributed by atoms with E-state index in [1.54, 1.807) is 24.3 Å². The Balaban J connectivity index is 2.09. The van der Waals surface area contributed by atoms with Gasteiger partial charge in [0.05, 0.1) is 12.1 Å². The molecule has 11 heteroatoms. The molecule has 0 saturated heterocycles. The van der Waals surface area contributed by atoms with Gasteiger partial charge in [0.2, 0.25) is 11.8 Å². The first-order valence-electron chi connectivity index (χ1n) is 9.08. The van der Waals surface area contributed by atoms with Crippen LogP contribution in [0.2, 0.25) is 0 Å². The summed E-state index contributed by atoms with van der Waals surface area (Å²) in [6.45, 7) is 1.89. The van der Waals surface area contributed by atoms with Gasteiger partial charge in [0.25, 0.3) is 0 Å². The number of carboxylic acid groups (broad SMARTS) is 1. The number of aliphatic carboxylic acids is 1. The average Bonchev–Trinajstić information content (AvgIpc) is 2.66. The molecule has 0 spiro atoms. The predicted octanol–water partition coefficient (Wildman–Crippen LogP) is -2.35. The van der Waals surface area contributed by atoms with Crippen LogP contribution in [0.5, 0.6) is 0 Å². The summed E-state index contributed by atoms with van der Waals surface area (Å²) in [5.41, 5.74) is 6.51. The summed E-state index contributed by atoms with van der Waals surface area (Å²) < 4.78 is 0. The summed E-state index contributed by atoms with van der Waals surface area (Å²) in [7, 11) is 0. The summed E-state index contributed by atoms with van der Waals surface area (Å²) in [6.07, 6.45) is -2.64. The number of primary amides is 1. The molecule has 1 aromatic carbocycles. The highest BCUT2D eigenvalue weighted by molar-refractivity contribution is 5.98. The Hall–Kier alpha value is -3.44. The largest absolute Gasteiger partial charge is 0.550 e. The number of urea groups is 1. The number of hydrogen-bond donors (Lipinski definition) is 6. The lowest BCUT2D eigenvalue weighted by molar-refractivity contribution is -0.306. The van der Waals surface area contributed by atoms with E-state index in [9.17, 15) is 34.5 Å². The van der Waals surface area contributed by atoms with Crippen LogP contribution >= 0.6 is 0 Å². The molecule has 0 aliphatic heterocycles. The molecular weight excluding hydrogens is 396 g/mol. The van der Waals surface area contributed by atoms with Gasteiger partial charge < -0.3 is 41.8 Å². The number of nitrogens with two attached hydrogens (primary N) is 1. The zero-order valence-corrected chi connectivity index (χ0v) is 16.1. The van der Waals surface area contributed by atoms with E-state index in [2.05, 4.69) is 16.0 Å². The highest BCUT2D eigenvalue weighted by Gasteiger charge is 2.34. The lowest BCUT2D eigenvalue weighted by Crippen LogP contribution is -2.53. The van der Waals surface area contributed by atoms with Crippen molar-refractivity contribution in [2.24, 2.45) is 5.73 Å². The van der Waals surface area contributed by atoms with Crippen molar-refractivity contribution in [1.82, 2.24) is 10.6 Å². The van der Waals surface area contributed by atoms with Crippen molar-refractivity contribution in [1.29, 1.82) is 0 Å². The second-order valence-corrected chi connectivity index (χ2v) is 6.95. The molecule has 0 heterocycles. The lowest BCUT2D eigenvalue weighted by atomic mass is 9.90. The number of anilines is 1. The molecular formula is C19H23N4O7-. The van der Waals surface area contributed by atoms with Gasteiger partial charge in [-0.25, -0.2) is 4.79 Å². The minimum absolute atomic E-state index is 0.0574. The Morgan fingerprint density at radius 3 is 2.40 bits per heavy atom. The number of carboxylic acids is 1. The van der Waals surface area contributed by atoms with Gasteiger partial charge >= 0.3 is 6.03 Å². The van der Waals surface area contributed by atoms with Gasteiger partial charge in [-0.3, -0.25) is 9.59 Å². The van der Waals surface area contributed by atoms with Gasteiger partial charge in [0.15, 0.2) is 0 Å². The molecule has 1 aliphatic carbocycles. The van der Waals surface area contributed by atoms with Gasteiger partial charge in [0, 0.05) is 30.1 Å². The first-order chi connectivity index (χ1) is 14.1. The number of aliphatic hydroxyl groups excluding tert-OH is 2. The molecule has 4 amide bonds. The molecule has 0 aromatic heterocycles. The second-order valence-electron chi connectivity index (χ2n) is 6.95. The van der Waals surface area contributed by atoms with Crippen molar-refractivity contribution < 1.29 is 34.5 Å². The van der Waals surface area contributed by atoms with E-state index in [-0.39, 0.29) is 12.0 Å². The van der Waals surface area contributed by atoms with Gasteiger partial charge in [-0.1, -0.05) is 23.8 Å². The van der Waals surface area contributed by atoms with Gasteiger partial charge in [-0.2, -0.15) is 0 Å². The van der Waals surface area contributed by atoms with Crippen LogP contribution in [0, 0.1) is 6.92 Å². The SMILES string of the molecule is Cc1ccc(NC(=O)N[C@@H]2C=C(C(=O)N[C@H](CC(=O)[O-])C(N)=O)C[C@@H](O)[C@@H]2O)cc1. The van der Waals surface area contributed by atoms with Crippen molar-refractivity contribution in [2.45, 2.75) is 44.1 Å².